The third-order valence-electron chi connectivity index (χ3n) is 4.34. The van der Waals surface area contributed by atoms with E-state index in [2.05, 4.69) is 22.6 Å². The Bertz CT molecular complexity index is 260. The molecule has 0 unspecified atom stereocenters. The van der Waals surface area contributed by atoms with Crippen molar-refractivity contribution in [3.63, 3.8) is 0 Å². The SMILES string of the molecule is CN(CCCNC(=O)C1CNC1)C1CCCCC1. The molecule has 1 heterocycles. The molecule has 2 fully saturated rings. The van der Waals surface area contributed by atoms with E-state index in [1.807, 2.05) is 0 Å². The lowest BCUT2D eigenvalue weighted by atomic mass is 9.94. The number of nitrogens with one attached hydrogen (secondary N) is 2. The molecule has 0 radical (unpaired) electrons. The van der Waals surface area contributed by atoms with Gasteiger partial charge in [-0.25, -0.2) is 0 Å². The number of carbonyl (C=O) groups excluding carboxylic acids is 1. The molecule has 0 bridgehead atoms. The molecule has 0 aromatic carbocycles. The van der Waals surface area contributed by atoms with Crippen molar-refractivity contribution in [1.82, 2.24) is 15.5 Å². The molecule has 0 aromatic rings. The van der Waals surface area contributed by atoms with E-state index >= 15 is 0 Å². The van der Waals surface area contributed by atoms with E-state index in [0.717, 1.165) is 38.6 Å². The second-order valence-electron chi connectivity index (χ2n) is 5.77. The van der Waals surface area contributed by atoms with E-state index in [1.165, 1.54) is 32.1 Å². The van der Waals surface area contributed by atoms with Crippen molar-refractivity contribution in [1.29, 1.82) is 0 Å². The second-order valence-corrected chi connectivity index (χ2v) is 5.77. The van der Waals surface area contributed by atoms with E-state index in [9.17, 15) is 4.79 Å². The summed E-state index contributed by atoms with van der Waals surface area (Å²) in [6.07, 6.45) is 7.97. The van der Waals surface area contributed by atoms with E-state index in [0.29, 0.717) is 0 Å². The molecule has 2 rings (SSSR count). The molecule has 1 saturated carbocycles. The van der Waals surface area contributed by atoms with Gasteiger partial charge in [-0.15, -0.1) is 0 Å². The molecule has 0 atom stereocenters. The van der Waals surface area contributed by atoms with Crippen molar-refractivity contribution < 1.29 is 4.79 Å². The van der Waals surface area contributed by atoms with Crippen LogP contribution < -0.4 is 10.6 Å². The van der Waals surface area contributed by atoms with Crippen LogP contribution in [0.5, 0.6) is 0 Å². The van der Waals surface area contributed by atoms with Gasteiger partial charge in [-0.3, -0.25) is 4.79 Å². The number of hydrogen-bond donors (Lipinski definition) is 2. The first-order valence-corrected chi connectivity index (χ1v) is 7.46. The predicted molar refractivity (Wildman–Crippen MR) is 73.5 cm³/mol. The van der Waals surface area contributed by atoms with Crippen LogP contribution in [0.4, 0.5) is 0 Å². The highest BCUT2D eigenvalue weighted by atomic mass is 16.2. The summed E-state index contributed by atoms with van der Waals surface area (Å²) in [4.78, 5) is 14.1. The summed E-state index contributed by atoms with van der Waals surface area (Å²) in [5.74, 6) is 0.454. The van der Waals surface area contributed by atoms with Crippen LogP contribution in [0.15, 0.2) is 0 Å². The molecule has 18 heavy (non-hydrogen) atoms. The molecule has 1 aliphatic heterocycles. The Hall–Kier alpha value is -0.610. The summed E-state index contributed by atoms with van der Waals surface area (Å²) in [6, 6.07) is 0.783. The first-order valence-electron chi connectivity index (χ1n) is 7.46. The fraction of sp³-hybridized carbons (Fsp3) is 0.929. The Labute approximate surface area is 110 Å². The zero-order valence-electron chi connectivity index (χ0n) is 11.6. The minimum atomic E-state index is 0.223. The fourth-order valence-corrected chi connectivity index (χ4v) is 2.86. The van der Waals surface area contributed by atoms with Crippen LogP contribution in [0.2, 0.25) is 0 Å². The van der Waals surface area contributed by atoms with E-state index in [-0.39, 0.29) is 11.8 Å². The average Bonchev–Trinajstić information content (AvgIpc) is 2.33. The normalized spacial score (nSPS) is 21.9. The number of carbonyl (C=O) groups is 1. The standard InChI is InChI=1S/C14H27N3O/c1-17(13-6-3-2-4-7-13)9-5-8-16-14(18)12-10-15-11-12/h12-13,15H,2-11H2,1H3,(H,16,18). The van der Waals surface area contributed by atoms with Crippen LogP contribution in [0.3, 0.4) is 0 Å². The Morgan fingerprint density at radius 1 is 1.28 bits per heavy atom. The topological polar surface area (TPSA) is 44.4 Å². The molecular formula is C14H27N3O. The van der Waals surface area contributed by atoms with Crippen LogP contribution in [0.25, 0.3) is 0 Å². The maximum Gasteiger partial charge on any atom is 0.225 e. The van der Waals surface area contributed by atoms with Gasteiger partial charge in [0.05, 0.1) is 5.92 Å². The Kier molecular flexibility index (Phi) is 5.45. The summed E-state index contributed by atoms with van der Waals surface area (Å²) in [5.41, 5.74) is 0. The minimum absolute atomic E-state index is 0.223. The maximum absolute atomic E-state index is 11.6. The molecule has 1 saturated heterocycles. The van der Waals surface area contributed by atoms with Crippen molar-refractivity contribution in [2.24, 2.45) is 5.92 Å². The van der Waals surface area contributed by atoms with Gasteiger partial charge < -0.3 is 15.5 Å². The lowest BCUT2D eigenvalue weighted by molar-refractivity contribution is -0.126. The van der Waals surface area contributed by atoms with Gasteiger partial charge in [-0.1, -0.05) is 19.3 Å². The first kappa shape index (κ1) is 13.8. The highest BCUT2D eigenvalue weighted by Crippen LogP contribution is 2.21. The predicted octanol–water partition coefficient (Wildman–Crippen LogP) is 0.977. The highest BCUT2D eigenvalue weighted by molar-refractivity contribution is 5.79. The van der Waals surface area contributed by atoms with Crippen LogP contribution in [-0.4, -0.2) is 50.1 Å². The Morgan fingerprint density at radius 2 is 2.00 bits per heavy atom. The molecule has 1 aliphatic carbocycles. The van der Waals surface area contributed by atoms with Gasteiger partial charge in [-0.2, -0.15) is 0 Å². The van der Waals surface area contributed by atoms with Crippen molar-refractivity contribution in [2.75, 3.05) is 33.2 Å². The summed E-state index contributed by atoms with van der Waals surface area (Å²) >= 11 is 0. The van der Waals surface area contributed by atoms with Crippen LogP contribution in [-0.2, 0) is 4.79 Å². The highest BCUT2D eigenvalue weighted by Gasteiger charge is 2.24. The summed E-state index contributed by atoms with van der Waals surface area (Å²) in [5, 5.41) is 6.16. The maximum atomic E-state index is 11.6. The van der Waals surface area contributed by atoms with Crippen molar-refractivity contribution in [3.05, 3.63) is 0 Å². The van der Waals surface area contributed by atoms with E-state index in [1.54, 1.807) is 0 Å². The van der Waals surface area contributed by atoms with Crippen molar-refractivity contribution >= 4 is 5.91 Å². The average molecular weight is 253 g/mol. The summed E-state index contributed by atoms with van der Waals surface area (Å²) < 4.78 is 0. The monoisotopic (exact) mass is 253 g/mol. The van der Waals surface area contributed by atoms with Gasteiger partial charge in [0, 0.05) is 25.7 Å². The third-order valence-corrected chi connectivity index (χ3v) is 4.34. The van der Waals surface area contributed by atoms with E-state index < -0.39 is 0 Å². The largest absolute Gasteiger partial charge is 0.356 e. The first-order chi connectivity index (χ1) is 8.77. The zero-order valence-corrected chi connectivity index (χ0v) is 11.6. The van der Waals surface area contributed by atoms with Gasteiger partial charge in [0.15, 0.2) is 0 Å². The third kappa shape index (κ3) is 3.95. The lowest BCUT2D eigenvalue weighted by Crippen LogP contribution is -2.51. The lowest BCUT2D eigenvalue weighted by Gasteiger charge is -2.31. The van der Waals surface area contributed by atoms with Gasteiger partial charge in [0.2, 0.25) is 5.91 Å². The zero-order chi connectivity index (χ0) is 12.8. The number of amides is 1. The van der Waals surface area contributed by atoms with E-state index in [4.69, 9.17) is 0 Å². The molecule has 1 amide bonds. The van der Waals surface area contributed by atoms with Crippen molar-refractivity contribution in [3.8, 4) is 0 Å². The molecule has 4 nitrogen and oxygen atoms in total. The van der Waals surface area contributed by atoms with Gasteiger partial charge >= 0.3 is 0 Å². The molecule has 0 aromatic heterocycles. The molecule has 2 aliphatic rings. The summed E-state index contributed by atoms with van der Waals surface area (Å²) in [6.45, 7) is 3.64. The van der Waals surface area contributed by atoms with Gasteiger partial charge in [-0.05, 0) is 32.9 Å². The van der Waals surface area contributed by atoms with Gasteiger partial charge in [0.1, 0.15) is 0 Å². The fourth-order valence-electron chi connectivity index (χ4n) is 2.86. The smallest absolute Gasteiger partial charge is 0.225 e. The number of nitrogens with zero attached hydrogens (tertiary/aromatic N) is 1. The number of rotatable bonds is 6. The molecule has 104 valence electrons. The molecule has 4 heteroatoms. The van der Waals surface area contributed by atoms with Crippen LogP contribution in [0, 0.1) is 5.92 Å². The van der Waals surface area contributed by atoms with Crippen LogP contribution in [0.1, 0.15) is 38.5 Å². The van der Waals surface area contributed by atoms with Crippen LogP contribution >= 0.6 is 0 Å². The minimum Gasteiger partial charge on any atom is -0.356 e. The molecule has 2 N–H and O–H groups in total. The quantitative estimate of drug-likeness (QED) is 0.694. The molecule has 0 spiro atoms. The molecular weight excluding hydrogens is 226 g/mol. The summed E-state index contributed by atoms with van der Waals surface area (Å²) in [7, 11) is 2.23. The van der Waals surface area contributed by atoms with Gasteiger partial charge in [0.25, 0.3) is 0 Å². The Balaban J connectivity index is 1.52. The number of hydrogen-bond acceptors (Lipinski definition) is 3. The second kappa shape index (κ2) is 7.10. The Morgan fingerprint density at radius 3 is 2.61 bits per heavy atom. The van der Waals surface area contributed by atoms with Crippen molar-refractivity contribution in [2.45, 2.75) is 44.6 Å².